The van der Waals surface area contributed by atoms with Crippen LogP contribution in [0.1, 0.15) is 0 Å². The molecule has 0 unspecified atom stereocenters. The molecule has 1 heterocycles. The first kappa shape index (κ1) is 10.5. The summed E-state index contributed by atoms with van der Waals surface area (Å²) in [6.45, 7) is 0. The largest absolute Gasteiger partial charge is 0.256 e. The van der Waals surface area contributed by atoms with Gasteiger partial charge in [-0.15, -0.1) is 0 Å². The number of halogens is 1. The quantitative estimate of drug-likeness (QED) is 0.633. The van der Waals surface area contributed by atoms with Crippen LogP contribution in [0.2, 0.25) is 0 Å². The Balaban J connectivity index is 2.26. The van der Waals surface area contributed by atoms with E-state index < -0.39 is 0 Å². The van der Waals surface area contributed by atoms with Crippen LogP contribution in [0.5, 0.6) is 0 Å². The van der Waals surface area contributed by atoms with E-state index in [-0.39, 0.29) is 0 Å². The molecule has 1 nitrogen and oxygen atoms in total. The van der Waals surface area contributed by atoms with Crippen molar-refractivity contribution in [1.82, 2.24) is 4.98 Å². The molecule has 0 bridgehead atoms. The molecule has 0 atom stereocenters. The van der Waals surface area contributed by atoms with Crippen LogP contribution in [-0.2, 0) is 0 Å². The fourth-order valence-electron chi connectivity index (χ4n) is 1.95. The zero-order valence-corrected chi connectivity index (χ0v) is 10.7. The lowest BCUT2D eigenvalue weighted by Gasteiger charge is -2.05. The Kier molecular flexibility index (Phi) is 2.65. The lowest BCUT2D eigenvalue weighted by Crippen LogP contribution is -1.83. The molecule has 0 fully saturated rings. The van der Waals surface area contributed by atoms with Crippen LogP contribution in [0.3, 0.4) is 0 Å². The fraction of sp³-hybridized carbons (Fsp3) is 0. The standard InChI is InChI=1S/C15H10BrN/c16-14-10-12(15-7-3-4-8-17-15)9-11-5-1-2-6-13(11)14/h1-10H. The van der Waals surface area contributed by atoms with Crippen LogP contribution in [0.25, 0.3) is 22.0 Å². The van der Waals surface area contributed by atoms with Gasteiger partial charge >= 0.3 is 0 Å². The van der Waals surface area contributed by atoms with Crippen molar-refractivity contribution in [1.29, 1.82) is 0 Å². The van der Waals surface area contributed by atoms with Crippen molar-refractivity contribution >= 4 is 26.7 Å². The first-order chi connectivity index (χ1) is 8.34. The number of pyridine rings is 1. The molecule has 0 aliphatic carbocycles. The van der Waals surface area contributed by atoms with E-state index in [1.54, 1.807) is 0 Å². The molecule has 0 saturated carbocycles. The zero-order chi connectivity index (χ0) is 11.7. The molecule has 0 saturated heterocycles. The number of fused-ring (bicyclic) bond motifs is 1. The van der Waals surface area contributed by atoms with Gasteiger partial charge in [-0.2, -0.15) is 0 Å². The minimum Gasteiger partial charge on any atom is -0.256 e. The minimum atomic E-state index is 0.999. The van der Waals surface area contributed by atoms with E-state index >= 15 is 0 Å². The summed E-state index contributed by atoms with van der Waals surface area (Å²) in [6, 6.07) is 18.6. The first-order valence-corrected chi connectivity index (χ1v) is 6.23. The molecule has 0 aliphatic heterocycles. The second-order valence-corrected chi connectivity index (χ2v) is 4.75. The highest BCUT2D eigenvalue weighted by Gasteiger charge is 2.03. The Morgan fingerprint density at radius 1 is 0.882 bits per heavy atom. The van der Waals surface area contributed by atoms with Crippen molar-refractivity contribution in [3.05, 3.63) is 65.3 Å². The molecule has 0 amide bonds. The van der Waals surface area contributed by atoms with E-state index in [2.05, 4.69) is 51.2 Å². The summed E-state index contributed by atoms with van der Waals surface area (Å²) < 4.78 is 1.11. The predicted molar refractivity (Wildman–Crippen MR) is 74.9 cm³/mol. The maximum atomic E-state index is 4.38. The SMILES string of the molecule is Brc1cc(-c2ccccn2)cc2ccccc12. The first-order valence-electron chi connectivity index (χ1n) is 5.44. The molecule has 3 rings (SSSR count). The highest BCUT2D eigenvalue weighted by molar-refractivity contribution is 9.10. The molecule has 82 valence electrons. The third-order valence-corrected chi connectivity index (χ3v) is 3.43. The van der Waals surface area contributed by atoms with E-state index in [4.69, 9.17) is 0 Å². The van der Waals surface area contributed by atoms with Crippen molar-refractivity contribution in [2.45, 2.75) is 0 Å². The number of rotatable bonds is 1. The summed E-state index contributed by atoms with van der Waals surface area (Å²) in [5.74, 6) is 0. The van der Waals surface area contributed by atoms with Gasteiger partial charge in [0.05, 0.1) is 5.69 Å². The van der Waals surface area contributed by atoms with E-state index in [9.17, 15) is 0 Å². The fourth-order valence-corrected chi connectivity index (χ4v) is 2.55. The summed E-state index contributed by atoms with van der Waals surface area (Å²) in [7, 11) is 0. The highest BCUT2D eigenvalue weighted by atomic mass is 79.9. The van der Waals surface area contributed by atoms with Crippen molar-refractivity contribution in [2.24, 2.45) is 0 Å². The van der Waals surface area contributed by atoms with Crippen LogP contribution in [-0.4, -0.2) is 4.98 Å². The second-order valence-electron chi connectivity index (χ2n) is 3.89. The van der Waals surface area contributed by atoms with Gasteiger partial charge in [-0.05, 0) is 35.0 Å². The summed E-state index contributed by atoms with van der Waals surface area (Å²) in [4.78, 5) is 4.38. The zero-order valence-electron chi connectivity index (χ0n) is 9.10. The summed E-state index contributed by atoms with van der Waals surface area (Å²) in [5, 5.41) is 2.45. The van der Waals surface area contributed by atoms with E-state index in [0.29, 0.717) is 0 Å². The van der Waals surface area contributed by atoms with Crippen LogP contribution < -0.4 is 0 Å². The van der Waals surface area contributed by atoms with Crippen molar-refractivity contribution in [2.75, 3.05) is 0 Å². The maximum Gasteiger partial charge on any atom is 0.0702 e. The molecule has 17 heavy (non-hydrogen) atoms. The average Bonchev–Trinajstić information content (AvgIpc) is 2.40. The van der Waals surface area contributed by atoms with Crippen LogP contribution >= 0.6 is 15.9 Å². The van der Waals surface area contributed by atoms with Gasteiger partial charge in [0.25, 0.3) is 0 Å². The monoisotopic (exact) mass is 283 g/mol. The van der Waals surface area contributed by atoms with Gasteiger partial charge in [-0.3, -0.25) is 4.98 Å². The van der Waals surface area contributed by atoms with Gasteiger partial charge < -0.3 is 0 Å². The number of hydrogen-bond acceptors (Lipinski definition) is 1. The number of hydrogen-bond donors (Lipinski definition) is 0. The number of aromatic nitrogens is 1. The molecular weight excluding hydrogens is 274 g/mol. The van der Waals surface area contributed by atoms with E-state index in [1.165, 1.54) is 10.8 Å². The lowest BCUT2D eigenvalue weighted by molar-refractivity contribution is 1.33. The molecule has 1 aromatic heterocycles. The van der Waals surface area contributed by atoms with Crippen molar-refractivity contribution in [3.8, 4) is 11.3 Å². The van der Waals surface area contributed by atoms with E-state index in [1.807, 2.05) is 30.5 Å². The maximum absolute atomic E-state index is 4.38. The van der Waals surface area contributed by atoms with Gasteiger partial charge in [0, 0.05) is 16.2 Å². The van der Waals surface area contributed by atoms with Crippen LogP contribution in [0.4, 0.5) is 0 Å². The lowest BCUT2D eigenvalue weighted by atomic mass is 10.0. The molecule has 0 radical (unpaired) electrons. The molecule has 2 heteroatoms. The van der Waals surface area contributed by atoms with Gasteiger partial charge in [-0.25, -0.2) is 0 Å². The smallest absolute Gasteiger partial charge is 0.0702 e. The van der Waals surface area contributed by atoms with Gasteiger partial charge in [0.2, 0.25) is 0 Å². The molecule has 0 aliphatic rings. The molecular formula is C15H10BrN. The highest BCUT2D eigenvalue weighted by Crippen LogP contribution is 2.29. The van der Waals surface area contributed by atoms with Gasteiger partial charge in [0.1, 0.15) is 0 Å². The summed E-state index contributed by atoms with van der Waals surface area (Å²) >= 11 is 3.62. The summed E-state index contributed by atoms with van der Waals surface area (Å²) in [5.41, 5.74) is 2.13. The topological polar surface area (TPSA) is 12.9 Å². The molecule has 0 N–H and O–H groups in total. The number of nitrogens with zero attached hydrogens (tertiary/aromatic N) is 1. The minimum absolute atomic E-state index is 0.999. The van der Waals surface area contributed by atoms with Crippen molar-refractivity contribution in [3.63, 3.8) is 0 Å². The van der Waals surface area contributed by atoms with Gasteiger partial charge in [-0.1, -0.05) is 46.3 Å². The van der Waals surface area contributed by atoms with Crippen LogP contribution in [0, 0.1) is 0 Å². The third-order valence-electron chi connectivity index (χ3n) is 2.77. The number of benzene rings is 2. The molecule has 0 spiro atoms. The Morgan fingerprint density at radius 2 is 1.71 bits per heavy atom. The summed E-state index contributed by atoms with van der Waals surface area (Å²) in [6.07, 6.45) is 1.82. The normalized spacial score (nSPS) is 10.6. The van der Waals surface area contributed by atoms with Crippen molar-refractivity contribution < 1.29 is 0 Å². The average molecular weight is 284 g/mol. The second kappa shape index (κ2) is 4.30. The van der Waals surface area contributed by atoms with E-state index in [0.717, 1.165) is 15.7 Å². The Bertz CT molecular complexity index is 662. The Morgan fingerprint density at radius 3 is 2.53 bits per heavy atom. The third kappa shape index (κ3) is 1.96. The molecule has 2 aromatic carbocycles. The molecule has 3 aromatic rings. The predicted octanol–water partition coefficient (Wildman–Crippen LogP) is 4.66. The Labute approximate surface area is 108 Å². The Hall–Kier alpha value is -1.67. The van der Waals surface area contributed by atoms with Gasteiger partial charge in [0.15, 0.2) is 0 Å². The van der Waals surface area contributed by atoms with Crippen LogP contribution in [0.15, 0.2) is 65.3 Å².